The van der Waals surface area contributed by atoms with E-state index < -0.39 is 4.92 Å². The van der Waals surface area contributed by atoms with Crippen LogP contribution in [0.3, 0.4) is 0 Å². The van der Waals surface area contributed by atoms with Crippen molar-refractivity contribution in [3.63, 3.8) is 0 Å². The second-order valence-corrected chi connectivity index (χ2v) is 4.89. The number of ether oxygens (including phenoxy) is 1. The minimum atomic E-state index is -0.410. The van der Waals surface area contributed by atoms with Crippen LogP contribution in [-0.2, 0) is 4.79 Å². The summed E-state index contributed by atoms with van der Waals surface area (Å²) in [6.07, 6.45) is 2.74. The van der Waals surface area contributed by atoms with E-state index in [0.717, 1.165) is 24.8 Å². The van der Waals surface area contributed by atoms with Crippen LogP contribution >= 0.6 is 0 Å². The summed E-state index contributed by atoms with van der Waals surface area (Å²) in [5.74, 6) is 5.33. The average molecular weight is 295 g/mol. The third-order valence-corrected chi connectivity index (χ3v) is 3.16. The molecular weight excluding hydrogens is 274 g/mol. The quantitative estimate of drug-likeness (QED) is 0.251. The maximum absolute atomic E-state index is 10.9. The Morgan fingerprint density at radius 1 is 1.29 bits per heavy atom. The van der Waals surface area contributed by atoms with Gasteiger partial charge < -0.3 is 4.74 Å². The Kier molecular flexibility index (Phi) is 6.61. The Labute approximate surface area is 123 Å². The van der Waals surface area contributed by atoms with E-state index in [1.807, 2.05) is 6.92 Å². The van der Waals surface area contributed by atoms with Crippen LogP contribution in [-0.4, -0.2) is 17.4 Å². The molecule has 0 fully saturated rings. The Hall–Kier alpha value is -2.15. The molecule has 0 radical (unpaired) electrons. The number of hydrazine groups is 1. The summed E-state index contributed by atoms with van der Waals surface area (Å²) < 4.78 is 5.59. The van der Waals surface area contributed by atoms with Gasteiger partial charge in [0.2, 0.25) is 5.91 Å². The Bertz CT molecular complexity index is 517. The molecule has 0 heterocycles. The van der Waals surface area contributed by atoms with E-state index in [1.54, 1.807) is 13.0 Å². The van der Waals surface area contributed by atoms with Crippen molar-refractivity contribution in [3.8, 4) is 5.75 Å². The number of carbonyl (C=O) groups is 1. The van der Waals surface area contributed by atoms with Crippen molar-refractivity contribution in [2.24, 2.45) is 5.84 Å². The summed E-state index contributed by atoms with van der Waals surface area (Å²) in [6.45, 7) is 4.03. The average Bonchev–Trinajstić information content (AvgIpc) is 2.43. The van der Waals surface area contributed by atoms with Gasteiger partial charge in [0.1, 0.15) is 5.75 Å². The van der Waals surface area contributed by atoms with E-state index in [-0.39, 0.29) is 11.6 Å². The minimum absolute atomic E-state index is 0.0650. The summed E-state index contributed by atoms with van der Waals surface area (Å²) >= 11 is 0. The lowest BCUT2D eigenvalue weighted by atomic mass is 10.1. The van der Waals surface area contributed by atoms with E-state index in [2.05, 4.69) is 5.43 Å². The second-order valence-electron chi connectivity index (χ2n) is 4.89. The van der Waals surface area contributed by atoms with Crippen LogP contribution in [0.5, 0.6) is 5.75 Å². The number of nitro groups is 1. The molecule has 0 saturated heterocycles. The molecular formula is C14H21N3O4. The van der Waals surface area contributed by atoms with Crippen molar-refractivity contribution >= 4 is 11.6 Å². The monoisotopic (exact) mass is 295 g/mol. The van der Waals surface area contributed by atoms with Gasteiger partial charge in [0.15, 0.2) is 0 Å². The number of benzene rings is 1. The zero-order valence-electron chi connectivity index (χ0n) is 12.3. The zero-order chi connectivity index (χ0) is 15.8. The number of hydrogen-bond acceptors (Lipinski definition) is 5. The number of aryl methyl sites for hydroxylation is 2. The lowest BCUT2D eigenvalue weighted by molar-refractivity contribution is -0.385. The van der Waals surface area contributed by atoms with Gasteiger partial charge in [0.25, 0.3) is 5.69 Å². The van der Waals surface area contributed by atoms with Crippen molar-refractivity contribution in [1.82, 2.24) is 5.43 Å². The first-order valence-corrected chi connectivity index (χ1v) is 6.83. The molecule has 0 atom stereocenters. The number of amides is 1. The first-order valence-electron chi connectivity index (χ1n) is 6.83. The number of rotatable bonds is 8. The van der Waals surface area contributed by atoms with Crippen LogP contribution in [0.4, 0.5) is 5.69 Å². The maximum Gasteiger partial charge on any atom is 0.276 e. The van der Waals surface area contributed by atoms with Gasteiger partial charge in [0.05, 0.1) is 17.6 Å². The number of carbonyl (C=O) groups excluding carboxylic acids is 1. The summed E-state index contributed by atoms with van der Waals surface area (Å²) in [5.41, 5.74) is 3.64. The van der Waals surface area contributed by atoms with Gasteiger partial charge in [0, 0.05) is 12.0 Å². The van der Waals surface area contributed by atoms with Crippen LogP contribution in [0.2, 0.25) is 0 Å². The van der Waals surface area contributed by atoms with E-state index >= 15 is 0 Å². The predicted octanol–water partition coefficient (Wildman–Crippen LogP) is 2.14. The van der Waals surface area contributed by atoms with Gasteiger partial charge >= 0.3 is 0 Å². The zero-order valence-corrected chi connectivity index (χ0v) is 12.3. The van der Waals surface area contributed by atoms with Gasteiger partial charge in [-0.15, -0.1) is 0 Å². The normalized spacial score (nSPS) is 10.2. The molecule has 1 aromatic carbocycles. The third-order valence-electron chi connectivity index (χ3n) is 3.16. The third kappa shape index (κ3) is 5.39. The van der Waals surface area contributed by atoms with E-state index in [4.69, 9.17) is 10.6 Å². The molecule has 21 heavy (non-hydrogen) atoms. The summed E-state index contributed by atoms with van der Waals surface area (Å²) in [4.78, 5) is 21.4. The molecule has 0 aliphatic rings. The smallest absolute Gasteiger partial charge is 0.276 e. The van der Waals surface area contributed by atoms with Crippen molar-refractivity contribution in [2.75, 3.05) is 6.61 Å². The molecule has 0 aliphatic heterocycles. The number of nitrogens with zero attached hydrogens (tertiary/aromatic N) is 1. The van der Waals surface area contributed by atoms with E-state index in [9.17, 15) is 14.9 Å². The maximum atomic E-state index is 10.9. The number of nitrogens with two attached hydrogens (primary N) is 1. The van der Waals surface area contributed by atoms with Crippen molar-refractivity contribution in [3.05, 3.63) is 33.4 Å². The molecule has 3 N–H and O–H groups in total. The molecule has 7 nitrogen and oxygen atoms in total. The highest BCUT2D eigenvalue weighted by Gasteiger charge is 2.14. The predicted molar refractivity (Wildman–Crippen MR) is 78.9 cm³/mol. The van der Waals surface area contributed by atoms with Gasteiger partial charge in [-0.25, -0.2) is 5.84 Å². The van der Waals surface area contributed by atoms with Crippen molar-refractivity contribution in [2.45, 2.75) is 39.5 Å². The highest BCUT2D eigenvalue weighted by molar-refractivity contribution is 5.75. The molecule has 7 heteroatoms. The fraction of sp³-hybridized carbons (Fsp3) is 0.500. The van der Waals surface area contributed by atoms with Gasteiger partial charge in [-0.05, 0) is 44.7 Å². The topological polar surface area (TPSA) is 107 Å². The van der Waals surface area contributed by atoms with Gasteiger partial charge in [-0.3, -0.25) is 20.3 Å². The Morgan fingerprint density at radius 3 is 2.62 bits per heavy atom. The summed E-state index contributed by atoms with van der Waals surface area (Å²) in [6, 6.07) is 3.21. The first kappa shape index (κ1) is 16.9. The van der Waals surface area contributed by atoms with Crippen LogP contribution < -0.4 is 16.0 Å². The van der Waals surface area contributed by atoms with Crippen LogP contribution in [0.25, 0.3) is 0 Å². The first-order chi connectivity index (χ1) is 9.95. The number of unbranched alkanes of at least 4 members (excludes halogenated alkanes) is 2. The van der Waals surface area contributed by atoms with Crippen molar-refractivity contribution in [1.29, 1.82) is 0 Å². The molecule has 0 aliphatic carbocycles. The Morgan fingerprint density at radius 2 is 2.00 bits per heavy atom. The highest BCUT2D eigenvalue weighted by Crippen LogP contribution is 2.28. The molecule has 0 aromatic heterocycles. The molecule has 1 aromatic rings. The fourth-order valence-electron chi connectivity index (χ4n) is 1.99. The minimum Gasteiger partial charge on any atom is -0.493 e. The molecule has 1 rings (SSSR count). The lowest BCUT2D eigenvalue weighted by Crippen LogP contribution is -2.29. The number of nitrogens with one attached hydrogen (secondary N) is 1. The van der Waals surface area contributed by atoms with Crippen LogP contribution in [0, 0.1) is 24.0 Å². The number of nitro benzene ring substituents is 1. The molecule has 116 valence electrons. The summed E-state index contributed by atoms with van der Waals surface area (Å²) in [5, 5.41) is 10.9. The molecule has 0 unspecified atom stereocenters. The lowest BCUT2D eigenvalue weighted by Gasteiger charge is -2.10. The molecule has 0 bridgehead atoms. The van der Waals surface area contributed by atoms with Gasteiger partial charge in [-0.2, -0.15) is 0 Å². The second kappa shape index (κ2) is 8.21. The van der Waals surface area contributed by atoms with Crippen molar-refractivity contribution < 1.29 is 14.5 Å². The highest BCUT2D eigenvalue weighted by atomic mass is 16.6. The molecule has 0 saturated carbocycles. The summed E-state index contributed by atoms with van der Waals surface area (Å²) in [7, 11) is 0. The SMILES string of the molecule is Cc1cc(C)c([N+](=O)[O-])cc1OCCCCCC(=O)NN. The molecule has 1 amide bonds. The largest absolute Gasteiger partial charge is 0.493 e. The van der Waals surface area contributed by atoms with E-state index in [1.165, 1.54) is 6.07 Å². The Balaban J connectivity index is 2.43. The van der Waals surface area contributed by atoms with E-state index in [0.29, 0.717) is 24.3 Å². The fourth-order valence-corrected chi connectivity index (χ4v) is 1.99. The number of hydrogen-bond donors (Lipinski definition) is 2. The molecule has 0 spiro atoms. The van der Waals surface area contributed by atoms with Gasteiger partial charge in [-0.1, -0.05) is 0 Å². The van der Waals surface area contributed by atoms with Crippen LogP contribution in [0.15, 0.2) is 12.1 Å². The van der Waals surface area contributed by atoms with Crippen LogP contribution in [0.1, 0.15) is 36.8 Å². The standard InChI is InChI=1S/C14H21N3O4/c1-10-8-11(2)13(9-12(10)17(19)20)21-7-5-3-4-6-14(18)16-15/h8-9H,3-7,15H2,1-2H3,(H,16,18).